The van der Waals surface area contributed by atoms with Crippen LogP contribution in [0.15, 0.2) is 18.3 Å². The van der Waals surface area contributed by atoms with Gasteiger partial charge in [0.15, 0.2) is 0 Å². The first-order valence-corrected chi connectivity index (χ1v) is 5.63. The van der Waals surface area contributed by atoms with Gasteiger partial charge in [0.05, 0.1) is 0 Å². The molecule has 1 fully saturated rings. The van der Waals surface area contributed by atoms with Gasteiger partial charge in [0.2, 0.25) is 0 Å². The van der Waals surface area contributed by atoms with E-state index in [4.69, 9.17) is 5.11 Å². The van der Waals surface area contributed by atoms with Crippen molar-refractivity contribution in [2.45, 2.75) is 25.8 Å². The van der Waals surface area contributed by atoms with Gasteiger partial charge in [0.1, 0.15) is 5.69 Å². The van der Waals surface area contributed by atoms with E-state index < -0.39 is 5.97 Å². The Morgan fingerprint density at radius 3 is 2.76 bits per heavy atom. The van der Waals surface area contributed by atoms with Crippen LogP contribution in [0.25, 0.3) is 0 Å². The molecule has 1 saturated carbocycles. The molecule has 1 aromatic rings. The number of pyridine rings is 1. The first kappa shape index (κ1) is 11.6. The van der Waals surface area contributed by atoms with Gasteiger partial charge in [-0.2, -0.15) is 0 Å². The van der Waals surface area contributed by atoms with Crippen molar-refractivity contribution >= 4 is 11.9 Å². The van der Waals surface area contributed by atoms with Crippen molar-refractivity contribution in [3.05, 3.63) is 29.6 Å². The van der Waals surface area contributed by atoms with E-state index in [9.17, 15) is 9.59 Å². The summed E-state index contributed by atoms with van der Waals surface area (Å²) in [6.45, 7) is 2.57. The lowest BCUT2D eigenvalue weighted by molar-refractivity contribution is 0.0690. The third kappa shape index (κ3) is 2.43. The van der Waals surface area contributed by atoms with Gasteiger partial charge in [-0.05, 0) is 31.9 Å². The van der Waals surface area contributed by atoms with E-state index in [2.05, 4.69) is 4.98 Å². The van der Waals surface area contributed by atoms with E-state index in [1.54, 1.807) is 11.0 Å². The first-order chi connectivity index (χ1) is 8.13. The van der Waals surface area contributed by atoms with Crippen LogP contribution in [0.4, 0.5) is 0 Å². The van der Waals surface area contributed by atoms with Crippen LogP contribution in [-0.4, -0.2) is 39.5 Å². The molecule has 0 unspecified atom stereocenters. The predicted molar refractivity (Wildman–Crippen MR) is 60.9 cm³/mol. The fraction of sp³-hybridized carbons (Fsp3) is 0.417. The minimum atomic E-state index is -1.12. The summed E-state index contributed by atoms with van der Waals surface area (Å²) in [5.41, 5.74) is 0.300. The van der Waals surface area contributed by atoms with Gasteiger partial charge in [0.25, 0.3) is 5.91 Å². The molecule has 2 rings (SSSR count). The normalized spacial score (nSPS) is 14.4. The molecule has 17 heavy (non-hydrogen) atoms. The molecule has 0 saturated heterocycles. The molecule has 5 nitrogen and oxygen atoms in total. The Bertz CT molecular complexity index is 455. The number of carbonyl (C=O) groups excluding carboxylic acids is 1. The maximum absolute atomic E-state index is 12.1. The lowest BCUT2D eigenvalue weighted by atomic mass is 10.2. The number of aromatic carboxylic acids is 1. The largest absolute Gasteiger partial charge is 0.477 e. The zero-order valence-electron chi connectivity index (χ0n) is 9.59. The Labute approximate surface area is 99.1 Å². The van der Waals surface area contributed by atoms with E-state index in [-0.39, 0.29) is 11.6 Å². The Kier molecular flexibility index (Phi) is 3.08. The van der Waals surface area contributed by atoms with Crippen molar-refractivity contribution in [1.82, 2.24) is 9.88 Å². The highest BCUT2D eigenvalue weighted by Gasteiger charge is 2.32. The SMILES string of the molecule is CCN(C(=O)c1ccnc(C(=O)O)c1)C1CC1. The number of aromatic nitrogens is 1. The van der Waals surface area contributed by atoms with Crippen LogP contribution in [0.1, 0.15) is 40.6 Å². The zero-order valence-corrected chi connectivity index (χ0v) is 9.59. The third-order valence-corrected chi connectivity index (χ3v) is 2.82. The van der Waals surface area contributed by atoms with Gasteiger partial charge in [-0.3, -0.25) is 4.79 Å². The average Bonchev–Trinajstić information content (AvgIpc) is 3.14. The second kappa shape index (κ2) is 4.53. The van der Waals surface area contributed by atoms with E-state index in [1.165, 1.54) is 12.3 Å². The van der Waals surface area contributed by atoms with Crippen molar-refractivity contribution < 1.29 is 14.7 Å². The van der Waals surface area contributed by atoms with Crippen LogP contribution in [0.2, 0.25) is 0 Å². The summed E-state index contributed by atoms with van der Waals surface area (Å²) in [7, 11) is 0. The van der Waals surface area contributed by atoms with Crippen molar-refractivity contribution in [1.29, 1.82) is 0 Å². The molecular weight excluding hydrogens is 220 g/mol. The molecule has 1 aliphatic carbocycles. The molecule has 0 spiro atoms. The molecule has 0 atom stereocenters. The quantitative estimate of drug-likeness (QED) is 0.854. The van der Waals surface area contributed by atoms with E-state index >= 15 is 0 Å². The predicted octanol–water partition coefficient (Wildman–Crippen LogP) is 1.40. The van der Waals surface area contributed by atoms with Crippen LogP contribution in [-0.2, 0) is 0 Å². The maximum atomic E-state index is 12.1. The molecule has 5 heteroatoms. The third-order valence-electron chi connectivity index (χ3n) is 2.82. The highest BCUT2D eigenvalue weighted by Crippen LogP contribution is 2.27. The number of hydrogen-bond acceptors (Lipinski definition) is 3. The monoisotopic (exact) mass is 234 g/mol. The topological polar surface area (TPSA) is 70.5 Å². The van der Waals surface area contributed by atoms with Gasteiger partial charge in [0, 0.05) is 24.3 Å². The van der Waals surface area contributed by atoms with Crippen LogP contribution < -0.4 is 0 Å². The molecule has 90 valence electrons. The van der Waals surface area contributed by atoms with Crippen molar-refractivity contribution in [2.24, 2.45) is 0 Å². The number of carboxylic acid groups (broad SMARTS) is 1. The Morgan fingerprint density at radius 1 is 1.53 bits per heavy atom. The molecule has 1 aliphatic rings. The van der Waals surface area contributed by atoms with Crippen molar-refractivity contribution in [3.8, 4) is 0 Å². The van der Waals surface area contributed by atoms with Crippen LogP contribution in [0.5, 0.6) is 0 Å². The number of carbonyl (C=O) groups is 2. The number of carboxylic acids is 1. The summed E-state index contributed by atoms with van der Waals surface area (Å²) in [5, 5.41) is 8.82. The van der Waals surface area contributed by atoms with Crippen LogP contribution in [0.3, 0.4) is 0 Å². The Hall–Kier alpha value is -1.91. The Morgan fingerprint density at radius 2 is 2.24 bits per heavy atom. The highest BCUT2D eigenvalue weighted by molar-refractivity contribution is 5.96. The molecule has 0 aromatic carbocycles. The molecule has 1 amide bonds. The van der Waals surface area contributed by atoms with E-state index in [0.717, 1.165) is 12.8 Å². The number of rotatable bonds is 4. The second-order valence-electron chi connectivity index (χ2n) is 4.06. The van der Waals surface area contributed by atoms with Crippen LogP contribution in [0, 0.1) is 0 Å². The van der Waals surface area contributed by atoms with Gasteiger partial charge in [-0.25, -0.2) is 9.78 Å². The number of hydrogen-bond donors (Lipinski definition) is 1. The lowest BCUT2D eigenvalue weighted by Gasteiger charge is -2.20. The fourth-order valence-electron chi connectivity index (χ4n) is 1.80. The zero-order chi connectivity index (χ0) is 12.4. The minimum absolute atomic E-state index is 0.0947. The van der Waals surface area contributed by atoms with Gasteiger partial charge in [-0.15, -0.1) is 0 Å². The second-order valence-corrected chi connectivity index (χ2v) is 4.06. The minimum Gasteiger partial charge on any atom is -0.477 e. The first-order valence-electron chi connectivity index (χ1n) is 5.63. The fourth-order valence-corrected chi connectivity index (χ4v) is 1.80. The summed E-state index contributed by atoms with van der Waals surface area (Å²) in [6.07, 6.45) is 3.43. The number of amides is 1. The van der Waals surface area contributed by atoms with Crippen LogP contribution >= 0.6 is 0 Å². The van der Waals surface area contributed by atoms with Crippen molar-refractivity contribution in [2.75, 3.05) is 6.54 Å². The summed E-state index contributed by atoms with van der Waals surface area (Å²) in [4.78, 5) is 28.4. The lowest BCUT2D eigenvalue weighted by Crippen LogP contribution is -2.33. The molecule has 0 bridgehead atoms. The molecule has 1 aromatic heterocycles. The summed E-state index contributed by atoms with van der Waals surface area (Å²) in [6, 6.07) is 3.21. The summed E-state index contributed by atoms with van der Waals surface area (Å²) >= 11 is 0. The summed E-state index contributed by atoms with van der Waals surface area (Å²) in [5.74, 6) is -1.23. The summed E-state index contributed by atoms with van der Waals surface area (Å²) < 4.78 is 0. The standard InChI is InChI=1S/C12H14N2O3/c1-2-14(9-3-4-9)11(15)8-5-6-13-10(7-8)12(16)17/h5-7,9H,2-4H2,1H3,(H,16,17). The molecular formula is C12H14N2O3. The highest BCUT2D eigenvalue weighted by atomic mass is 16.4. The van der Waals surface area contributed by atoms with E-state index in [1.807, 2.05) is 6.92 Å². The Balaban J connectivity index is 2.23. The number of nitrogens with zero attached hydrogens (tertiary/aromatic N) is 2. The van der Waals surface area contributed by atoms with Gasteiger partial charge >= 0.3 is 5.97 Å². The van der Waals surface area contributed by atoms with E-state index in [0.29, 0.717) is 18.2 Å². The maximum Gasteiger partial charge on any atom is 0.354 e. The average molecular weight is 234 g/mol. The molecule has 0 aliphatic heterocycles. The smallest absolute Gasteiger partial charge is 0.354 e. The molecule has 1 heterocycles. The van der Waals surface area contributed by atoms with Crippen molar-refractivity contribution in [3.63, 3.8) is 0 Å². The molecule has 1 N–H and O–H groups in total. The van der Waals surface area contributed by atoms with Gasteiger partial charge in [-0.1, -0.05) is 0 Å². The van der Waals surface area contributed by atoms with Gasteiger partial charge < -0.3 is 10.0 Å². The molecule has 0 radical (unpaired) electrons.